The van der Waals surface area contributed by atoms with E-state index >= 15 is 0 Å². The standard InChI is InChI=1S/C15H17ClN4OS/c1-9-12(16)4-3-5-13(9)18-14(21)10(2)22-15-19-17-8-20(15)11-6-7-11/h3-5,8,10-11H,6-7H2,1-2H3,(H,18,21). The molecule has 22 heavy (non-hydrogen) atoms. The monoisotopic (exact) mass is 336 g/mol. The summed E-state index contributed by atoms with van der Waals surface area (Å²) in [5.41, 5.74) is 1.62. The van der Waals surface area contributed by atoms with Crippen molar-refractivity contribution in [2.24, 2.45) is 0 Å². The normalized spacial score (nSPS) is 15.6. The average molecular weight is 337 g/mol. The maximum Gasteiger partial charge on any atom is 0.237 e. The Bertz CT molecular complexity index is 699. The first-order valence-corrected chi connectivity index (χ1v) is 8.44. The fourth-order valence-corrected chi connectivity index (χ4v) is 3.18. The zero-order chi connectivity index (χ0) is 15.7. The molecule has 1 atom stereocenters. The van der Waals surface area contributed by atoms with Gasteiger partial charge in [0.25, 0.3) is 0 Å². The first kappa shape index (κ1) is 15.4. The van der Waals surface area contributed by atoms with Crippen LogP contribution in [0.1, 0.15) is 31.4 Å². The van der Waals surface area contributed by atoms with Gasteiger partial charge in [-0.2, -0.15) is 0 Å². The van der Waals surface area contributed by atoms with Crippen LogP contribution in [0.2, 0.25) is 5.02 Å². The number of anilines is 1. The number of benzene rings is 1. The molecule has 116 valence electrons. The molecule has 1 aliphatic carbocycles. The summed E-state index contributed by atoms with van der Waals surface area (Å²) < 4.78 is 2.05. The number of amides is 1. The van der Waals surface area contributed by atoms with Crippen molar-refractivity contribution >= 4 is 35.0 Å². The van der Waals surface area contributed by atoms with Gasteiger partial charge >= 0.3 is 0 Å². The molecule has 1 N–H and O–H groups in total. The number of carbonyl (C=O) groups is 1. The van der Waals surface area contributed by atoms with E-state index in [0.717, 1.165) is 29.2 Å². The van der Waals surface area contributed by atoms with Crippen LogP contribution in [0.25, 0.3) is 0 Å². The van der Waals surface area contributed by atoms with Crippen molar-refractivity contribution in [1.82, 2.24) is 14.8 Å². The van der Waals surface area contributed by atoms with E-state index in [1.165, 1.54) is 11.8 Å². The highest BCUT2D eigenvalue weighted by Gasteiger charge is 2.28. The molecule has 7 heteroatoms. The number of thioether (sulfide) groups is 1. The second-order valence-corrected chi connectivity index (χ2v) is 7.13. The second kappa shape index (κ2) is 6.30. The van der Waals surface area contributed by atoms with Crippen LogP contribution in [0.3, 0.4) is 0 Å². The SMILES string of the molecule is Cc1c(Cl)cccc1NC(=O)C(C)Sc1nncn1C1CC1. The molecule has 0 aliphatic heterocycles. The topological polar surface area (TPSA) is 59.8 Å². The Kier molecular flexibility index (Phi) is 4.40. The van der Waals surface area contributed by atoms with Crippen LogP contribution in [0.15, 0.2) is 29.7 Å². The van der Waals surface area contributed by atoms with Crippen molar-refractivity contribution in [2.75, 3.05) is 5.32 Å². The van der Waals surface area contributed by atoms with Gasteiger partial charge in [0.05, 0.1) is 5.25 Å². The highest BCUT2D eigenvalue weighted by molar-refractivity contribution is 8.00. The van der Waals surface area contributed by atoms with E-state index in [1.54, 1.807) is 6.33 Å². The lowest BCUT2D eigenvalue weighted by molar-refractivity contribution is -0.115. The van der Waals surface area contributed by atoms with Gasteiger partial charge < -0.3 is 9.88 Å². The Labute approximate surface area is 138 Å². The Balaban J connectivity index is 1.66. The molecule has 0 saturated heterocycles. The molecule has 1 saturated carbocycles. The predicted molar refractivity (Wildman–Crippen MR) is 88.4 cm³/mol. The summed E-state index contributed by atoms with van der Waals surface area (Å²) in [6, 6.07) is 5.99. The third-order valence-electron chi connectivity index (χ3n) is 3.66. The van der Waals surface area contributed by atoms with Crippen LogP contribution in [-0.2, 0) is 4.79 Å². The van der Waals surface area contributed by atoms with Crippen LogP contribution >= 0.6 is 23.4 Å². The number of halogens is 1. The summed E-state index contributed by atoms with van der Waals surface area (Å²) in [5, 5.41) is 12.2. The summed E-state index contributed by atoms with van der Waals surface area (Å²) in [4.78, 5) is 12.4. The zero-order valence-electron chi connectivity index (χ0n) is 12.4. The van der Waals surface area contributed by atoms with Gasteiger partial charge in [0.2, 0.25) is 5.91 Å². The second-order valence-electron chi connectivity index (χ2n) is 5.41. The summed E-state index contributed by atoms with van der Waals surface area (Å²) in [7, 11) is 0. The van der Waals surface area contributed by atoms with Crippen molar-refractivity contribution in [2.45, 2.75) is 43.1 Å². The van der Waals surface area contributed by atoms with Gasteiger partial charge in [-0.05, 0) is 44.4 Å². The lowest BCUT2D eigenvalue weighted by atomic mass is 10.2. The van der Waals surface area contributed by atoms with Crippen LogP contribution in [0, 0.1) is 6.92 Å². The lowest BCUT2D eigenvalue weighted by Crippen LogP contribution is -2.23. The first-order chi connectivity index (χ1) is 10.6. The molecule has 1 fully saturated rings. The highest BCUT2D eigenvalue weighted by atomic mass is 35.5. The number of rotatable bonds is 5. The molecule has 1 heterocycles. The molecule has 3 rings (SSSR count). The smallest absolute Gasteiger partial charge is 0.237 e. The van der Waals surface area contributed by atoms with Gasteiger partial charge in [0.1, 0.15) is 6.33 Å². The van der Waals surface area contributed by atoms with Crippen molar-refractivity contribution < 1.29 is 4.79 Å². The Morgan fingerprint density at radius 2 is 2.27 bits per heavy atom. The molecule has 0 radical (unpaired) electrons. The van der Waals surface area contributed by atoms with Gasteiger partial charge in [-0.15, -0.1) is 10.2 Å². The van der Waals surface area contributed by atoms with Gasteiger partial charge in [-0.25, -0.2) is 0 Å². The summed E-state index contributed by atoms with van der Waals surface area (Å²) in [5.74, 6) is -0.0688. The number of nitrogens with zero attached hydrogens (tertiary/aromatic N) is 3. The van der Waals surface area contributed by atoms with Crippen LogP contribution in [0.5, 0.6) is 0 Å². The predicted octanol–water partition coefficient (Wildman–Crippen LogP) is 3.69. The molecule has 1 aliphatic rings. The molecular weight excluding hydrogens is 320 g/mol. The minimum Gasteiger partial charge on any atom is -0.325 e. The molecule has 0 bridgehead atoms. The Hall–Kier alpha value is -1.53. The Morgan fingerprint density at radius 3 is 3.00 bits per heavy atom. The lowest BCUT2D eigenvalue weighted by Gasteiger charge is -2.14. The van der Waals surface area contributed by atoms with Crippen molar-refractivity contribution in [3.63, 3.8) is 0 Å². The van der Waals surface area contributed by atoms with Crippen molar-refractivity contribution in [3.05, 3.63) is 35.1 Å². The third kappa shape index (κ3) is 3.28. The minimum absolute atomic E-state index is 0.0688. The van der Waals surface area contributed by atoms with Crippen LogP contribution < -0.4 is 5.32 Å². The van der Waals surface area contributed by atoms with Gasteiger partial charge in [-0.3, -0.25) is 4.79 Å². The molecule has 0 spiro atoms. The van der Waals surface area contributed by atoms with E-state index in [2.05, 4.69) is 20.1 Å². The summed E-state index contributed by atoms with van der Waals surface area (Å²) >= 11 is 7.50. The third-order valence-corrected chi connectivity index (χ3v) is 5.14. The quantitative estimate of drug-likeness (QED) is 0.846. The number of hydrogen-bond acceptors (Lipinski definition) is 4. The number of nitrogens with one attached hydrogen (secondary N) is 1. The van der Waals surface area contributed by atoms with Gasteiger partial charge in [0, 0.05) is 16.8 Å². The van der Waals surface area contributed by atoms with E-state index in [9.17, 15) is 4.79 Å². The van der Waals surface area contributed by atoms with E-state index in [4.69, 9.17) is 11.6 Å². The Morgan fingerprint density at radius 1 is 1.50 bits per heavy atom. The molecule has 2 aromatic rings. The maximum absolute atomic E-state index is 12.4. The molecule has 1 aromatic heterocycles. The maximum atomic E-state index is 12.4. The fraction of sp³-hybridized carbons (Fsp3) is 0.400. The average Bonchev–Trinajstić information content (AvgIpc) is 3.24. The van der Waals surface area contributed by atoms with E-state index in [1.807, 2.05) is 32.0 Å². The van der Waals surface area contributed by atoms with E-state index in [-0.39, 0.29) is 11.2 Å². The van der Waals surface area contributed by atoms with Crippen molar-refractivity contribution in [1.29, 1.82) is 0 Å². The molecule has 1 amide bonds. The first-order valence-electron chi connectivity index (χ1n) is 7.18. The molecule has 5 nitrogen and oxygen atoms in total. The highest BCUT2D eigenvalue weighted by Crippen LogP contribution is 2.38. The fourth-order valence-electron chi connectivity index (χ4n) is 2.11. The molecular formula is C15H17ClN4OS. The van der Waals surface area contributed by atoms with Crippen LogP contribution in [0.4, 0.5) is 5.69 Å². The summed E-state index contributed by atoms with van der Waals surface area (Å²) in [6.07, 6.45) is 4.06. The van der Waals surface area contributed by atoms with Crippen molar-refractivity contribution in [3.8, 4) is 0 Å². The van der Waals surface area contributed by atoms with Crippen LogP contribution in [-0.4, -0.2) is 25.9 Å². The summed E-state index contributed by atoms with van der Waals surface area (Å²) in [6.45, 7) is 3.76. The number of aromatic nitrogens is 3. The minimum atomic E-state index is -0.264. The molecule has 1 unspecified atom stereocenters. The number of carbonyl (C=O) groups excluding carboxylic acids is 1. The zero-order valence-corrected chi connectivity index (χ0v) is 14.0. The van der Waals surface area contributed by atoms with E-state index in [0.29, 0.717) is 11.1 Å². The number of hydrogen-bond donors (Lipinski definition) is 1. The molecule has 1 aromatic carbocycles. The van der Waals surface area contributed by atoms with Gasteiger partial charge in [0.15, 0.2) is 5.16 Å². The van der Waals surface area contributed by atoms with E-state index < -0.39 is 0 Å². The van der Waals surface area contributed by atoms with Gasteiger partial charge in [-0.1, -0.05) is 29.4 Å². The largest absolute Gasteiger partial charge is 0.325 e.